The van der Waals surface area contributed by atoms with Crippen LogP contribution in [0, 0.1) is 0 Å². The van der Waals surface area contributed by atoms with E-state index in [1.54, 1.807) is 17.0 Å². The number of benzene rings is 2. The minimum absolute atomic E-state index is 0.228. The zero-order valence-corrected chi connectivity index (χ0v) is 23.0. The molecule has 2 aromatic carbocycles. The molecular weight excluding hydrogens is 546 g/mol. The van der Waals surface area contributed by atoms with E-state index in [0.29, 0.717) is 60.3 Å². The molecule has 0 saturated heterocycles. The average Bonchev–Trinajstić information content (AvgIpc) is 2.99. The van der Waals surface area contributed by atoms with Gasteiger partial charge in [-0.3, -0.25) is 14.2 Å². The van der Waals surface area contributed by atoms with E-state index in [0.717, 1.165) is 0 Å². The molecule has 11 heteroatoms. The summed E-state index contributed by atoms with van der Waals surface area (Å²) in [5.74, 6) is 0.336. The summed E-state index contributed by atoms with van der Waals surface area (Å²) in [6.07, 6.45) is 8.24. The molecule has 4 aromatic heterocycles. The van der Waals surface area contributed by atoms with Crippen molar-refractivity contribution in [1.29, 1.82) is 0 Å². The topological polar surface area (TPSA) is 118 Å². The van der Waals surface area contributed by atoms with Gasteiger partial charge in [-0.1, -0.05) is 59.8 Å². The van der Waals surface area contributed by atoms with E-state index in [1.165, 1.54) is 30.4 Å². The van der Waals surface area contributed by atoms with E-state index in [4.69, 9.17) is 11.6 Å². The summed E-state index contributed by atoms with van der Waals surface area (Å²) >= 11 is 8.59. The largest absolute Gasteiger partial charge is 0.361 e. The number of thioether (sulfide) groups is 1. The van der Waals surface area contributed by atoms with Crippen LogP contribution in [0.3, 0.4) is 0 Å². The molecule has 4 heterocycles. The Morgan fingerprint density at radius 2 is 1.73 bits per heavy atom. The average molecular weight is 568 g/mol. The van der Waals surface area contributed by atoms with Crippen molar-refractivity contribution >= 4 is 51.0 Å². The highest BCUT2D eigenvalue weighted by atomic mass is 35.5. The number of anilines is 1. The number of H-pyrrole nitrogens is 1. The Morgan fingerprint density at radius 1 is 0.950 bits per heavy atom. The summed E-state index contributed by atoms with van der Waals surface area (Å²) in [4.78, 5) is 47.3. The highest BCUT2D eigenvalue weighted by Crippen LogP contribution is 2.36. The number of rotatable bonds is 6. The van der Waals surface area contributed by atoms with Crippen molar-refractivity contribution < 1.29 is 0 Å². The SMILES string of the molecule is CSc1ncc(-c2cccc3c(Cl)c([C@H](C)Nc4ncnc5[nH]ccc(=O)c45)n(-c4ccccc4)c(=O)c23)cn1. The van der Waals surface area contributed by atoms with E-state index < -0.39 is 6.04 Å². The number of aromatic nitrogens is 6. The number of hydrogen-bond acceptors (Lipinski definition) is 8. The molecule has 198 valence electrons. The standard InChI is InChI=1S/C29H22ClN7O2S/c1-16(36-27-23-21(38)11-12-31-26(23)34-15-35-27)25-24(30)20-10-6-9-19(17-13-32-29(40-2)33-14-17)22(20)28(39)37(25)18-7-4-3-5-8-18/h3-16H,1-2H3,(H2,31,34,35,36,38)/t16-/m0/s1. The van der Waals surface area contributed by atoms with Crippen molar-refractivity contribution in [2.45, 2.75) is 18.1 Å². The maximum Gasteiger partial charge on any atom is 0.263 e. The smallest absolute Gasteiger partial charge is 0.263 e. The van der Waals surface area contributed by atoms with Crippen LogP contribution in [0.2, 0.25) is 5.02 Å². The maximum atomic E-state index is 14.4. The third-order valence-electron chi connectivity index (χ3n) is 6.63. The first-order chi connectivity index (χ1) is 19.5. The fourth-order valence-corrected chi connectivity index (χ4v) is 5.55. The monoisotopic (exact) mass is 567 g/mol. The van der Waals surface area contributed by atoms with Crippen LogP contribution in [0.15, 0.2) is 94.3 Å². The summed E-state index contributed by atoms with van der Waals surface area (Å²) in [7, 11) is 0. The van der Waals surface area contributed by atoms with Gasteiger partial charge >= 0.3 is 0 Å². The van der Waals surface area contributed by atoms with Crippen molar-refractivity contribution in [1.82, 2.24) is 29.5 Å². The molecule has 0 aliphatic rings. The Balaban J connectivity index is 1.60. The lowest BCUT2D eigenvalue weighted by Gasteiger charge is -2.24. The van der Waals surface area contributed by atoms with Gasteiger partial charge in [0.25, 0.3) is 5.56 Å². The van der Waals surface area contributed by atoms with Gasteiger partial charge in [0.05, 0.1) is 22.1 Å². The summed E-state index contributed by atoms with van der Waals surface area (Å²) in [5, 5.41) is 5.71. The summed E-state index contributed by atoms with van der Waals surface area (Å²) in [6.45, 7) is 1.87. The van der Waals surface area contributed by atoms with Crippen LogP contribution in [-0.2, 0) is 0 Å². The van der Waals surface area contributed by atoms with Crippen molar-refractivity contribution in [2.75, 3.05) is 11.6 Å². The van der Waals surface area contributed by atoms with E-state index in [9.17, 15) is 9.59 Å². The number of para-hydroxylation sites is 1. The van der Waals surface area contributed by atoms with E-state index in [-0.39, 0.29) is 11.0 Å². The molecule has 0 aliphatic carbocycles. The Bertz CT molecular complexity index is 1990. The Hall–Kier alpha value is -4.54. The Morgan fingerprint density at radius 3 is 2.48 bits per heavy atom. The minimum atomic E-state index is -0.532. The molecule has 0 radical (unpaired) electrons. The lowest BCUT2D eigenvalue weighted by atomic mass is 9.99. The first kappa shape index (κ1) is 25.7. The van der Waals surface area contributed by atoms with E-state index >= 15 is 0 Å². The summed E-state index contributed by atoms with van der Waals surface area (Å²) in [6, 6.07) is 15.7. The first-order valence-electron chi connectivity index (χ1n) is 12.4. The molecular formula is C29H22ClN7O2S. The van der Waals surface area contributed by atoms with Crippen LogP contribution in [0.4, 0.5) is 5.82 Å². The van der Waals surface area contributed by atoms with Gasteiger partial charge in [-0.25, -0.2) is 19.9 Å². The third-order valence-corrected chi connectivity index (χ3v) is 7.60. The number of halogens is 1. The number of aromatic amines is 1. The molecule has 0 bridgehead atoms. The maximum absolute atomic E-state index is 14.4. The number of nitrogens with one attached hydrogen (secondary N) is 2. The second kappa shape index (κ2) is 10.6. The van der Waals surface area contributed by atoms with Crippen molar-refractivity contribution in [3.05, 3.63) is 111 Å². The molecule has 9 nitrogen and oxygen atoms in total. The molecule has 40 heavy (non-hydrogen) atoms. The third kappa shape index (κ3) is 4.41. The fraction of sp³-hybridized carbons (Fsp3) is 0.103. The highest BCUT2D eigenvalue weighted by Gasteiger charge is 2.24. The van der Waals surface area contributed by atoms with E-state index in [1.807, 2.05) is 61.7 Å². The normalized spacial score (nSPS) is 12.1. The van der Waals surface area contributed by atoms with Gasteiger partial charge in [0, 0.05) is 41.3 Å². The first-order valence-corrected chi connectivity index (χ1v) is 14.0. The van der Waals surface area contributed by atoms with Crippen molar-refractivity contribution in [2.24, 2.45) is 0 Å². The van der Waals surface area contributed by atoms with Crippen LogP contribution in [0.5, 0.6) is 0 Å². The Kier molecular flexibility index (Phi) is 6.79. The minimum Gasteiger partial charge on any atom is -0.361 e. The second-order valence-electron chi connectivity index (χ2n) is 9.02. The molecule has 0 saturated carbocycles. The van der Waals surface area contributed by atoms with Crippen LogP contribution >= 0.6 is 23.4 Å². The van der Waals surface area contributed by atoms with Crippen LogP contribution in [0.25, 0.3) is 38.6 Å². The predicted molar refractivity (Wildman–Crippen MR) is 160 cm³/mol. The lowest BCUT2D eigenvalue weighted by Crippen LogP contribution is -2.27. The highest BCUT2D eigenvalue weighted by molar-refractivity contribution is 7.98. The van der Waals surface area contributed by atoms with Gasteiger partial charge in [0.2, 0.25) is 0 Å². The molecule has 0 unspecified atom stereocenters. The van der Waals surface area contributed by atoms with Gasteiger partial charge in [0.15, 0.2) is 10.6 Å². The Labute approximate surface area is 237 Å². The predicted octanol–water partition coefficient (Wildman–Crippen LogP) is 5.63. The van der Waals surface area contributed by atoms with Crippen LogP contribution in [0.1, 0.15) is 18.7 Å². The van der Waals surface area contributed by atoms with E-state index in [2.05, 4.69) is 30.2 Å². The zero-order chi connectivity index (χ0) is 27.8. The fourth-order valence-electron chi connectivity index (χ4n) is 4.83. The van der Waals surface area contributed by atoms with Gasteiger partial charge in [0.1, 0.15) is 23.2 Å². The van der Waals surface area contributed by atoms with Gasteiger partial charge < -0.3 is 10.3 Å². The molecule has 1 atom stereocenters. The van der Waals surface area contributed by atoms with Crippen molar-refractivity contribution in [3.8, 4) is 16.8 Å². The number of hydrogen-bond donors (Lipinski definition) is 2. The van der Waals surface area contributed by atoms with Gasteiger partial charge in [-0.05, 0) is 30.9 Å². The molecule has 6 rings (SSSR count). The van der Waals surface area contributed by atoms with Crippen LogP contribution in [-0.4, -0.2) is 35.7 Å². The number of pyridine rings is 2. The molecule has 0 aliphatic heterocycles. The molecule has 6 aromatic rings. The van der Waals surface area contributed by atoms with Crippen molar-refractivity contribution in [3.63, 3.8) is 0 Å². The molecule has 0 spiro atoms. The zero-order valence-electron chi connectivity index (χ0n) is 21.4. The molecule has 2 N–H and O–H groups in total. The molecule has 0 amide bonds. The summed E-state index contributed by atoms with van der Waals surface area (Å²) < 4.78 is 1.61. The second-order valence-corrected chi connectivity index (χ2v) is 10.2. The summed E-state index contributed by atoms with van der Waals surface area (Å²) in [5.41, 5.74) is 2.49. The number of fused-ring (bicyclic) bond motifs is 2. The lowest BCUT2D eigenvalue weighted by molar-refractivity contribution is 0.774. The molecule has 0 fully saturated rings. The number of nitrogens with zero attached hydrogens (tertiary/aromatic N) is 5. The van der Waals surface area contributed by atoms with Gasteiger partial charge in [-0.2, -0.15) is 0 Å². The van der Waals surface area contributed by atoms with Crippen LogP contribution < -0.4 is 16.3 Å². The quantitative estimate of drug-likeness (QED) is 0.196. The van der Waals surface area contributed by atoms with Gasteiger partial charge in [-0.15, -0.1) is 0 Å².